The Morgan fingerprint density at radius 3 is 2.18 bits per heavy atom. The highest BCUT2D eigenvalue weighted by Gasteiger charge is 2.38. The van der Waals surface area contributed by atoms with Crippen molar-refractivity contribution >= 4 is 17.5 Å². The summed E-state index contributed by atoms with van der Waals surface area (Å²) in [5.41, 5.74) is 4.00. The van der Waals surface area contributed by atoms with Crippen molar-refractivity contribution in [2.24, 2.45) is 0 Å². The molecule has 0 aliphatic carbocycles. The van der Waals surface area contributed by atoms with E-state index in [0.29, 0.717) is 16.8 Å². The van der Waals surface area contributed by atoms with Crippen molar-refractivity contribution in [1.82, 2.24) is 4.90 Å². The summed E-state index contributed by atoms with van der Waals surface area (Å²) in [7, 11) is 0. The molecule has 3 aliphatic rings. The van der Waals surface area contributed by atoms with Crippen LogP contribution in [0.3, 0.4) is 0 Å². The van der Waals surface area contributed by atoms with Crippen molar-refractivity contribution in [3.05, 3.63) is 101 Å². The van der Waals surface area contributed by atoms with Crippen molar-refractivity contribution in [2.45, 2.75) is 50.8 Å². The first-order chi connectivity index (χ1) is 18.6. The minimum atomic E-state index is -0.642. The van der Waals surface area contributed by atoms with Crippen molar-refractivity contribution in [3.8, 4) is 0 Å². The summed E-state index contributed by atoms with van der Waals surface area (Å²) >= 11 is 0. The molecule has 0 aromatic heterocycles. The zero-order chi connectivity index (χ0) is 26.1. The van der Waals surface area contributed by atoms with E-state index < -0.39 is 6.29 Å². The normalized spacial score (nSPS) is 24.0. The SMILES string of the molecule is O=C1c2ccccc2C(=O)N1c1cccc([C@H]2O[C@@H](CN3CCCCC3)C[C@@H](c3ccc(CO)cc3)O2)c1. The topological polar surface area (TPSA) is 79.3 Å². The second-order valence-corrected chi connectivity index (χ2v) is 10.3. The van der Waals surface area contributed by atoms with Gasteiger partial charge >= 0.3 is 0 Å². The van der Waals surface area contributed by atoms with Crippen LogP contribution in [0.25, 0.3) is 0 Å². The summed E-state index contributed by atoms with van der Waals surface area (Å²) in [6.07, 6.45) is 3.57. The van der Waals surface area contributed by atoms with Crippen molar-refractivity contribution < 1.29 is 24.2 Å². The van der Waals surface area contributed by atoms with Gasteiger partial charge in [-0.05, 0) is 61.3 Å². The number of aliphatic hydroxyl groups is 1. The van der Waals surface area contributed by atoms with Gasteiger partial charge in [0.1, 0.15) is 0 Å². The molecule has 3 aromatic rings. The highest BCUT2D eigenvalue weighted by Crippen LogP contribution is 2.39. The van der Waals surface area contributed by atoms with Gasteiger partial charge in [0.25, 0.3) is 11.8 Å². The van der Waals surface area contributed by atoms with E-state index in [2.05, 4.69) is 4.90 Å². The molecule has 2 fully saturated rings. The van der Waals surface area contributed by atoms with Crippen molar-refractivity contribution in [2.75, 3.05) is 24.5 Å². The Labute approximate surface area is 222 Å². The van der Waals surface area contributed by atoms with Crippen LogP contribution in [-0.4, -0.2) is 47.6 Å². The van der Waals surface area contributed by atoms with Gasteiger partial charge in [0.15, 0.2) is 6.29 Å². The molecule has 0 bridgehead atoms. The van der Waals surface area contributed by atoms with Gasteiger partial charge in [-0.3, -0.25) is 9.59 Å². The fourth-order valence-corrected chi connectivity index (χ4v) is 5.70. The quantitative estimate of drug-likeness (QED) is 0.468. The summed E-state index contributed by atoms with van der Waals surface area (Å²) in [6.45, 7) is 3.00. The molecule has 6 rings (SSSR count). The van der Waals surface area contributed by atoms with Gasteiger partial charge in [0, 0.05) is 18.5 Å². The Hall–Kier alpha value is -3.36. The number of carbonyl (C=O) groups excluding carboxylic acids is 2. The van der Waals surface area contributed by atoms with Crippen LogP contribution < -0.4 is 4.90 Å². The molecule has 7 heteroatoms. The Morgan fingerprint density at radius 2 is 1.50 bits per heavy atom. The number of rotatable bonds is 6. The van der Waals surface area contributed by atoms with Crippen LogP contribution >= 0.6 is 0 Å². The molecule has 0 unspecified atom stereocenters. The van der Waals surface area contributed by atoms with E-state index >= 15 is 0 Å². The van der Waals surface area contributed by atoms with Crippen LogP contribution in [0.2, 0.25) is 0 Å². The van der Waals surface area contributed by atoms with Crippen LogP contribution in [0, 0.1) is 0 Å². The Balaban J connectivity index is 1.27. The smallest absolute Gasteiger partial charge is 0.266 e. The predicted octanol–water partition coefficient (Wildman–Crippen LogP) is 5.01. The maximum Gasteiger partial charge on any atom is 0.266 e. The summed E-state index contributed by atoms with van der Waals surface area (Å²) in [4.78, 5) is 29.9. The van der Waals surface area contributed by atoms with Gasteiger partial charge in [-0.2, -0.15) is 0 Å². The average molecular weight is 513 g/mol. The fourth-order valence-electron chi connectivity index (χ4n) is 5.70. The van der Waals surface area contributed by atoms with E-state index in [0.717, 1.165) is 42.7 Å². The van der Waals surface area contributed by atoms with Gasteiger partial charge in [-0.15, -0.1) is 0 Å². The number of carbonyl (C=O) groups is 2. The minimum Gasteiger partial charge on any atom is -0.392 e. The maximum atomic E-state index is 13.1. The number of likely N-dealkylation sites (tertiary alicyclic amines) is 1. The van der Waals surface area contributed by atoms with Gasteiger partial charge in [-0.25, -0.2) is 4.90 Å². The summed E-state index contributed by atoms with van der Waals surface area (Å²) < 4.78 is 13.0. The van der Waals surface area contributed by atoms with Gasteiger partial charge in [-0.1, -0.05) is 55.0 Å². The van der Waals surface area contributed by atoms with Gasteiger partial charge in [0.05, 0.1) is 35.6 Å². The highest BCUT2D eigenvalue weighted by atomic mass is 16.7. The zero-order valence-electron chi connectivity index (χ0n) is 21.3. The molecule has 0 spiro atoms. The first-order valence-corrected chi connectivity index (χ1v) is 13.4. The molecule has 2 saturated heterocycles. The Kier molecular flexibility index (Phi) is 7.08. The number of fused-ring (bicyclic) bond motifs is 1. The van der Waals surface area contributed by atoms with E-state index in [1.54, 1.807) is 30.3 Å². The number of imide groups is 1. The third-order valence-electron chi connectivity index (χ3n) is 7.72. The van der Waals surface area contributed by atoms with Gasteiger partial charge in [0.2, 0.25) is 0 Å². The van der Waals surface area contributed by atoms with E-state index in [9.17, 15) is 14.7 Å². The number of ether oxygens (including phenoxy) is 2. The van der Waals surface area contributed by atoms with E-state index in [1.807, 2.05) is 42.5 Å². The number of aliphatic hydroxyl groups excluding tert-OH is 1. The monoisotopic (exact) mass is 512 g/mol. The molecule has 38 heavy (non-hydrogen) atoms. The highest BCUT2D eigenvalue weighted by molar-refractivity contribution is 6.34. The first kappa shape index (κ1) is 24.9. The van der Waals surface area contributed by atoms with Crippen LogP contribution in [-0.2, 0) is 16.1 Å². The molecule has 3 heterocycles. The molecule has 7 nitrogen and oxygen atoms in total. The largest absolute Gasteiger partial charge is 0.392 e. The third kappa shape index (κ3) is 4.90. The molecule has 2 amide bonds. The van der Waals surface area contributed by atoms with Crippen molar-refractivity contribution in [3.63, 3.8) is 0 Å². The second kappa shape index (κ2) is 10.8. The lowest BCUT2D eigenvalue weighted by Crippen LogP contribution is -2.41. The number of hydrogen-bond donors (Lipinski definition) is 1. The lowest BCUT2D eigenvalue weighted by atomic mass is 9.99. The number of nitrogens with zero attached hydrogens (tertiary/aromatic N) is 2. The predicted molar refractivity (Wildman–Crippen MR) is 143 cm³/mol. The van der Waals surface area contributed by atoms with E-state index in [1.165, 1.54) is 24.2 Å². The number of piperidine rings is 1. The maximum absolute atomic E-state index is 13.1. The summed E-state index contributed by atoms with van der Waals surface area (Å²) in [5, 5.41) is 9.46. The molecule has 3 aromatic carbocycles. The molecule has 0 saturated carbocycles. The third-order valence-corrected chi connectivity index (χ3v) is 7.72. The van der Waals surface area contributed by atoms with Crippen LogP contribution in [0.15, 0.2) is 72.8 Å². The number of benzene rings is 3. The molecule has 3 atom stereocenters. The Bertz CT molecular complexity index is 1280. The molecule has 1 N–H and O–H groups in total. The second-order valence-electron chi connectivity index (χ2n) is 10.3. The lowest BCUT2D eigenvalue weighted by Gasteiger charge is -2.39. The number of hydrogen-bond acceptors (Lipinski definition) is 6. The summed E-state index contributed by atoms with van der Waals surface area (Å²) in [5.74, 6) is -0.642. The Morgan fingerprint density at radius 1 is 0.789 bits per heavy atom. The number of anilines is 1. The zero-order valence-corrected chi connectivity index (χ0v) is 21.3. The minimum absolute atomic E-state index is 0.000272. The molecule has 3 aliphatic heterocycles. The fraction of sp³-hybridized carbons (Fsp3) is 0.355. The molecular formula is C31H32N2O5. The lowest BCUT2D eigenvalue weighted by molar-refractivity contribution is -0.253. The molecule has 0 radical (unpaired) electrons. The van der Waals surface area contributed by atoms with E-state index in [-0.39, 0.29) is 30.6 Å². The van der Waals surface area contributed by atoms with Crippen LogP contribution in [0.1, 0.15) is 75.5 Å². The standard InChI is InChI=1S/C31H32N2O5/c34-20-21-11-13-22(14-12-21)28-18-25(19-32-15-4-1-5-16-32)37-31(38-28)23-7-6-8-24(17-23)33-29(35)26-9-2-3-10-27(26)30(33)36/h2-3,6-14,17,25,28,31,34H,1,4-5,15-16,18-20H2/t25-,28+,31+/m1/s1. The van der Waals surface area contributed by atoms with Crippen LogP contribution in [0.5, 0.6) is 0 Å². The van der Waals surface area contributed by atoms with Gasteiger partial charge < -0.3 is 19.5 Å². The summed E-state index contributed by atoms with van der Waals surface area (Å²) in [6, 6.07) is 22.1. The number of amides is 2. The molecular weight excluding hydrogens is 480 g/mol. The van der Waals surface area contributed by atoms with E-state index in [4.69, 9.17) is 9.47 Å². The average Bonchev–Trinajstić information content (AvgIpc) is 3.23. The van der Waals surface area contributed by atoms with Crippen molar-refractivity contribution in [1.29, 1.82) is 0 Å². The molecule has 196 valence electrons. The van der Waals surface area contributed by atoms with Crippen LogP contribution in [0.4, 0.5) is 5.69 Å². The first-order valence-electron chi connectivity index (χ1n) is 13.4.